The molecule has 0 spiro atoms. The summed E-state index contributed by atoms with van der Waals surface area (Å²) in [5.41, 5.74) is 0.171. The Morgan fingerprint density at radius 3 is 2.56 bits per heavy atom. The molecule has 2 amide bonds. The molecule has 3 fully saturated rings. The lowest BCUT2D eigenvalue weighted by Crippen LogP contribution is -2.58. The average Bonchev–Trinajstić information content (AvgIpc) is 3.78. The number of likely N-dealkylation sites (N-methyl/N-ethyl adjacent to an activating group) is 1. The number of cyclic esters (lactones) is 1. The first-order valence-corrected chi connectivity index (χ1v) is 23.3. The summed E-state index contributed by atoms with van der Waals surface area (Å²) in [4.78, 5) is 70.2. The number of pyridine rings is 1. The number of Topliss-reactive ketones (excluding diaryl/α,β-unsaturated/α-hetero) is 1. The van der Waals surface area contributed by atoms with Gasteiger partial charge in [0.15, 0.2) is 17.7 Å². The van der Waals surface area contributed by atoms with Crippen molar-refractivity contribution in [2.75, 3.05) is 32.5 Å². The monoisotopic (exact) mass is 897 g/mol. The number of carbonyl (C=O) groups is 4. The third-order valence-electron chi connectivity index (χ3n) is 13.9. The van der Waals surface area contributed by atoms with Gasteiger partial charge in [0.1, 0.15) is 18.1 Å². The Hall–Kier alpha value is -4.72. The number of amides is 2. The summed E-state index contributed by atoms with van der Waals surface area (Å²) in [5.74, 6) is 2.71. The van der Waals surface area contributed by atoms with Crippen LogP contribution in [0.4, 0.5) is 10.5 Å². The van der Waals surface area contributed by atoms with Gasteiger partial charge < -0.3 is 34.3 Å². The Bertz CT molecular complexity index is 2340. The van der Waals surface area contributed by atoms with Gasteiger partial charge in [0, 0.05) is 47.4 Å². The van der Waals surface area contributed by atoms with E-state index in [-0.39, 0.29) is 36.3 Å². The summed E-state index contributed by atoms with van der Waals surface area (Å²) < 4.78 is 25.6. The van der Waals surface area contributed by atoms with Gasteiger partial charge in [-0.15, -0.1) is 11.3 Å². The van der Waals surface area contributed by atoms with Crippen molar-refractivity contribution in [2.24, 2.45) is 34.1 Å². The zero-order chi connectivity index (χ0) is 46.2. The lowest BCUT2D eigenvalue weighted by atomic mass is 9.66. The quantitative estimate of drug-likeness (QED) is 0.143. The van der Waals surface area contributed by atoms with Crippen molar-refractivity contribution < 1.29 is 43.2 Å². The van der Waals surface area contributed by atoms with Crippen LogP contribution in [0, 0.1) is 40.9 Å². The summed E-state index contributed by atoms with van der Waals surface area (Å²) in [6, 6.07) is 12.4. The number of ketones is 1. The molecule has 15 heteroatoms. The summed E-state index contributed by atoms with van der Waals surface area (Å²) in [7, 11) is 3.80. The van der Waals surface area contributed by atoms with Gasteiger partial charge in [-0.3, -0.25) is 29.3 Å². The zero-order valence-corrected chi connectivity index (χ0v) is 39.4. The van der Waals surface area contributed by atoms with Crippen LogP contribution >= 0.6 is 11.3 Å². The molecule has 13 atom stereocenters. The van der Waals surface area contributed by atoms with Crippen LogP contribution in [0.25, 0.3) is 10.9 Å². The molecule has 4 aliphatic rings. The van der Waals surface area contributed by atoms with Crippen molar-refractivity contribution in [1.29, 1.82) is 0 Å². The topological polar surface area (TPSA) is 169 Å². The molecular formula is C49H63N5O9S. The molecule has 0 aliphatic carbocycles. The SMILES string of the molecule is CC[C@H]1OC(=O)[C@H](C)C(=O)[C@H](C)[C@@H](OC2O[C@H](C)C[C@H](N(C)C)[C@H]2O)[C@@](C)(CC#Cc2ccc(C(=O)Nc3cnc4ccccc4c3)s2)C[C@@H](C)C2=NCCN3C(=O)O[C@@]1(C)C3[C@H]2C. The van der Waals surface area contributed by atoms with Crippen LogP contribution in [-0.2, 0) is 28.5 Å². The molecule has 0 saturated carbocycles. The number of ether oxygens (including phenoxy) is 4. The van der Waals surface area contributed by atoms with Crippen LogP contribution in [0.1, 0.15) is 95.6 Å². The van der Waals surface area contributed by atoms with Gasteiger partial charge in [-0.2, -0.15) is 0 Å². The lowest BCUT2D eigenvalue weighted by Gasteiger charge is -2.47. The standard InChI is InChI=1S/C49H63N5O9S/c1-11-38-49(8)42-29(4)39(50-21-22-54(42)47(59)63-49)27(2)25-48(7,20-14-16-34-18-19-37(64-34)44(57)52-33-24-32-15-12-13-17-35(32)51-26-33)43(30(5)40(55)31(6)45(58)61-38)62-46-41(56)36(53(9)10)23-28(3)60-46/h12-13,15,17-19,24,26-31,36,38,41-43,46,56H,11,20-23,25H2,1-10H3,(H,52,57)/t27-,28-,29+,30+,31-,36+,38-,41-,42?,43-,46?,48+,49-/m1/s1. The maximum Gasteiger partial charge on any atom is 0.410 e. The van der Waals surface area contributed by atoms with Crippen molar-refractivity contribution in [3.05, 3.63) is 58.4 Å². The van der Waals surface area contributed by atoms with Crippen LogP contribution in [0.5, 0.6) is 0 Å². The van der Waals surface area contributed by atoms with Gasteiger partial charge in [0.2, 0.25) is 0 Å². The second-order valence-corrected chi connectivity index (χ2v) is 20.0. The van der Waals surface area contributed by atoms with E-state index in [0.717, 1.165) is 16.6 Å². The molecule has 2 unspecified atom stereocenters. The maximum atomic E-state index is 14.7. The highest BCUT2D eigenvalue weighted by atomic mass is 32.1. The predicted octanol–water partition coefficient (Wildman–Crippen LogP) is 6.98. The summed E-state index contributed by atoms with van der Waals surface area (Å²) in [6.45, 7) is 15.8. The van der Waals surface area contributed by atoms with E-state index >= 15 is 0 Å². The van der Waals surface area contributed by atoms with Crippen molar-refractivity contribution in [3.8, 4) is 11.8 Å². The van der Waals surface area contributed by atoms with Gasteiger partial charge in [0.05, 0.1) is 51.9 Å². The number of benzene rings is 1. The number of aromatic nitrogens is 1. The highest BCUT2D eigenvalue weighted by Gasteiger charge is 2.60. The van der Waals surface area contributed by atoms with Gasteiger partial charge in [-0.05, 0) is 84.3 Å². The normalized spacial score (nSPS) is 34.8. The molecular weight excluding hydrogens is 835 g/mol. The van der Waals surface area contributed by atoms with E-state index in [1.807, 2.05) is 83.1 Å². The molecule has 7 rings (SSSR count). The van der Waals surface area contributed by atoms with Gasteiger partial charge in [0.25, 0.3) is 5.91 Å². The molecule has 4 aliphatic heterocycles. The second kappa shape index (κ2) is 19.0. The molecule has 0 radical (unpaired) electrons. The first-order chi connectivity index (χ1) is 30.3. The zero-order valence-electron chi connectivity index (χ0n) is 38.6. The van der Waals surface area contributed by atoms with Crippen LogP contribution in [0.15, 0.2) is 53.7 Å². The van der Waals surface area contributed by atoms with E-state index in [1.165, 1.54) is 11.3 Å². The average molecular weight is 898 g/mol. The molecule has 2 aromatic heterocycles. The van der Waals surface area contributed by atoms with E-state index < -0.39 is 71.3 Å². The van der Waals surface area contributed by atoms with Crippen LogP contribution in [-0.4, -0.2) is 125 Å². The smallest absolute Gasteiger partial charge is 0.410 e. The van der Waals surface area contributed by atoms with E-state index in [9.17, 15) is 24.3 Å². The summed E-state index contributed by atoms with van der Waals surface area (Å²) in [5, 5.41) is 15.6. The van der Waals surface area contributed by atoms with Gasteiger partial charge in [-0.1, -0.05) is 64.7 Å². The van der Waals surface area contributed by atoms with Crippen molar-refractivity contribution in [2.45, 2.75) is 129 Å². The number of esters is 1. The molecule has 3 saturated heterocycles. The van der Waals surface area contributed by atoms with Crippen LogP contribution in [0.3, 0.4) is 0 Å². The molecule has 14 nitrogen and oxygen atoms in total. The van der Waals surface area contributed by atoms with Gasteiger partial charge in [-0.25, -0.2) is 4.79 Å². The molecule has 344 valence electrons. The largest absolute Gasteiger partial charge is 0.458 e. The molecule has 2 bridgehead atoms. The third kappa shape index (κ3) is 9.35. The molecule has 3 aromatic rings. The summed E-state index contributed by atoms with van der Waals surface area (Å²) >= 11 is 1.27. The number of aliphatic hydroxyl groups is 1. The van der Waals surface area contributed by atoms with E-state index in [4.69, 9.17) is 23.9 Å². The second-order valence-electron chi connectivity index (χ2n) is 18.9. The van der Waals surface area contributed by atoms with Crippen LogP contribution < -0.4 is 5.32 Å². The van der Waals surface area contributed by atoms with Crippen molar-refractivity contribution in [3.63, 3.8) is 0 Å². The number of fused-ring (bicyclic) bond motifs is 2. The minimum absolute atomic E-state index is 0.203. The number of aliphatic imine (C=N–C) groups is 1. The number of rotatable bonds is 7. The van der Waals surface area contributed by atoms with Gasteiger partial charge >= 0.3 is 12.1 Å². The molecule has 64 heavy (non-hydrogen) atoms. The highest BCUT2D eigenvalue weighted by Crippen LogP contribution is 2.46. The fraction of sp³-hybridized carbons (Fsp3) is 0.592. The first kappa shape index (κ1) is 47.2. The van der Waals surface area contributed by atoms with Crippen LogP contribution in [0.2, 0.25) is 0 Å². The van der Waals surface area contributed by atoms with E-state index in [1.54, 1.807) is 31.0 Å². The Kier molecular flexibility index (Phi) is 14.0. The molecule has 6 heterocycles. The Morgan fingerprint density at radius 1 is 1.08 bits per heavy atom. The number of hydrogen-bond acceptors (Lipinski definition) is 13. The summed E-state index contributed by atoms with van der Waals surface area (Å²) in [6.07, 6.45) is -1.38. The number of aliphatic hydroxyl groups excluding tert-OH is 1. The number of para-hydroxylation sites is 1. The fourth-order valence-corrected chi connectivity index (χ4v) is 11.4. The maximum absolute atomic E-state index is 14.7. The Balaban J connectivity index is 1.26. The van der Waals surface area contributed by atoms with Crippen molar-refractivity contribution in [1.82, 2.24) is 14.8 Å². The number of nitrogens with one attached hydrogen (secondary N) is 1. The number of nitrogens with zero attached hydrogens (tertiary/aromatic N) is 4. The third-order valence-corrected chi connectivity index (χ3v) is 14.9. The van der Waals surface area contributed by atoms with E-state index in [2.05, 4.69) is 36.0 Å². The highest BCUT2D eigenvalue weighted by molar-refractivity contribution is 7.14. The van der Waals surface area contributed by atoms with E-state index in [0.29, 0.717) is 47.8 Å². The fourth-order valence-electron chi connectivity index (χ4n) is 10.7. The minimum Gasteiger partial charge on any atom is -0.458 e. The number of thiophene rings is 1. The minimum atomic E-state index is -1.21. The van der Waals surface area contributed by atoms with Crippen molar-refractivity contribution >= 4 is 57.4 Å². The Labute approximate surface area is 380 Å². The lowest BCUT2D eigenvalue weighted by molar-refractivity contribution is -0.286. The Morgan fingerprint density at radius 2 is 1.83 bits per heavy atom. The predicted molar refractivity (Wildman–Crippen MR) is 245 cm³/mol. The molecule has 1 aromatic carbocycles. The number of carbonyl (C=O) groups excluding carboxylic acids is 4. The number of hydrogen-bond donors (Lipinski definition) is 2. The molecule has 2 N–H and O–H groups in total. The number of anilines is 1. The first-order valence-electron chi connectivity index (χ1n) is 22.5.